The van der Waals surface area contributed by atoms with Gasteiger partial charge in [0.1, 0.15) is 5.82 Å². The van der Waals surface area contributed by atoms with Crippen LogP contribution in [0.25, 0.3) is 28.0 Å². The number of nitrogens with zero attached hydrogens (tertiary/aromatic N) is 4. The molecule has 26 heavy (non-hydrogen) atoms. The fourth-order valence-electron chi connectivity index (χ4n) is 2.67. The van der Waals surface area contributed by atoms with Gasteiger partial charge in [-0.2, -0.15) is 9.78 Å². The molecule has 0 fully saturated rings. The van der Waals surface area contributed by atoms with E-state index >= 15 is 0 Å². The normalized spacial score (nSPS) is 11.8. The van der Waals surface area contributed by atoms with Crippen LogP contribution < -0.4 is 0 Å². The van der Waals surface area contributed by atoms with Crippen molar-refractivity contribution in [1.82, 2.24) is 19.7 Å². The van der Waals surface area contributed by atoms with Gasteiger partial charge in [0.2, 0.25) is 0 Å². The second-order valence-electron chi connectivity index (χ2n) is 5.68. The van der Waals surface area contributed by atoms with Crippen molar-refractivity contribution in [2.75, 3.05) is 6.26 Å². The summed E-state index contributed by atoms with van der Waals surface area (Å²) in [5.74, 6) is -0.188. The molecule has 0 saturated carbocycles. The van der Waals surface area contributed by atoms with Crippen LogP contribution in [0.1, 0.15) is 0 Å². The lowest BCUT2D eigenvalue weighted by Crippen LogP contribution is -2.05. The van der Waals surface area contributed by atoms with Crippen molar-refractivity contribution < 1.29 is 12.8 Å². The van der Waals surface area contributed by atoms with Crippen LogP contribution in [0.4, 0.5) is 4.39 Å². The van der Waals surface area contributed by atoms with E-state index in [4.69, 9.17) is 0 Å². The number of aromatic nitrogens is 4. The molecule has 1 radical (unpaired) electrons. The van der Waals surface area contributed by atoms with Crippen molar-refractivity contribution in [1.29, 1.82) is 0 Å². The molecule has 0 saturated heterocycles. The largest absolute Gasteiger partial charge is 0.251 e. The molecule has 0 aliphatic rings. The van der Waals surface area contributed by atoms with Crippen LogP contribution in [0, 0.1) is 11.9 Å². The van der Waals surface area contributed by atoms with Gasteiger partial charge in [0.05, 0.1) is 5.52 Å². The SMILES string of the molecule is CS(=O)(=O)c1nn(-c2ncc(-c3ccccc3F)cn2)c2c[c]ccc12. The van der Waals surface area contributed by atoms with Crippen molar-refractivity contribution in [2.45, 2.75) is 5.03 Å². The monoisotopic (exact) mass is 367 g/mol. The summed E-state index contributed by atoms with van der Waals surface area (Å²) in [6.45, 7) is 0. The summed E-state index contributed by atoms with van der Waals surface area (Å²) in [6, 6.07) is 14.1. The molecule has 6 nitrogen and oxygen atoms in total. The minimum atomic E-state index is -3.52. The molecule has 129 valence electrons. The lowest BCUT2D eigenvalue weighted by Gasteiger charge is -2.04. The van der Waals surface area contributed by atoms with Crippen LogP contribution in [0.3, 0.4) is 0 Å². The number of hydrogen-bond donors (Lipinski definition) is 0. The van der Waals surface area contributed by atoms with Gasteiger partial charge in [0.25, 0.3) is 5.95 Å². The molecule has 0 atom stereocenters. The van der Waals surface area contributed by atoms with Crippen molar-refractivity contribution in [2.24, 2.45) is 0 Å². The highest BCUT2D eigenvalue weighted by Crippen LogP contribution is 2.25. The van der Waals surface area contributed by atoms with Gasteiger partial charge in [-0.05, 0) is 24.3 Å². The molecule has 8 heteroatoms. The molecule has 2 heterocycles. The maximum absolute atomic E-state index is 13.9. The standard InChI is InChI=1S/C18H12FN4O2S/c1-26(24,25)17-14-7-3-5-9-16(14)23(22-17)18-20-10-12(11-21-18)13-6-2-4-8-15(13)19/h2-4,6-11H,1H3. The van der Waals surface area contributed by atoms with Crippen LogP contribution >= 0.6 is 0 Å². The Kier molecular flexibility index (Phi) is 3.77. The summed E-state index contributed by atoms with van der Waals surface area (Å²) < 4.78 is 39.2. The summed E-state index contributed by atoms with van der Waals surface area (Å²) >= 11 is 0. The summed E-state index contributed by atoms with van der Waals surface area (Å²) in [5, 5.41) is 4.57. The minimum Gasteiger partial charge on any atom is -0.222 e. The minimum absolute atomic E-state index is 0.0525. The molecular formula is C18H12FN4O2S. The van der Waals surface area contributed by atoms with Crippen molar-refractivity contribution in [3.05, 3.63) is 66.7 Å². The second-order valence-corrected chi connectivity index (χ2v) is 7.61. The number of fused-ring (bicyclic) bond motifs is 1. The number of hydrogen-bond acceptors (Lipinski definition) is 5. The average Bonchev–Trinajstić information content (AvgIpc) is 3.02. The Bertz CT molecular complexity index is 1220. The Morgan fingerprint density at radius 3 is 2.54 bits per heavy atom. The highest BCUT2D eigenvalue weighted by molar-refractivity contribution is 7.90. The first-order valence-corrected chi connectivity index (χ1v) is 9.50. The number of sulfone groups is 1. The number of halogens is 1. The Labute approximate surface area is 148 Å². The van der Waals surface area contributed by atoms with Gasteiger partial charge in [-0.15, -0.1) is 0 Å². The predicted molar refractivity (Wildman–Crippen MR) is 94.0 cm³/mol. The molecule has 4 aromatic rings. The van der Waals surface area contributed by atoms with Crippen LogP contribution in [0.2, 0.25) is 0 Å². The fraction of sp³-hybridized carbons (Fsp3) is 0.0556. The van der Waals surface area contributed by atoms with Crippen LogP contribution in [0.15, 0.2) is 59.9 Å². The van der Waals surface area contributed by atoms with E-state index in [1.807, 2.05) is 0 Å². The van der Waals surface area contributed by atoms with Gasteiger partial charge in [0, 0.05) is 35.2 Å². The zero-order valence-corrected chi connectivity index (χ0v) is 14.4. The van der Waals surface area contributed by atoms with Gasteiger partial charge in [-0.25, -0.2) is 22.8 Å². The molecule has 0 amide bonds. The molecule has 2 aromatic heterocycles. The van der Waals surface area contributed by atoms with Crippen LogP contribution in [-0.4, -0.2) is 34.4 Å². The van der Waals surface area contributed by atoms with Gasteiger partial charge in [0.15, 0.2) is 14.9 Å². The van der Waals surface area contributed by atoms with Gasteiger partial charge in [-0.3, -0.25) is 0 Å². The number of rotatable bonds is 3. The third kappa shape index (κ3) is 2.74. The van der Waals surface area contributed by atoms with Crippen LogP contribution in [-0.2, 0) is 9.84 Å². The van der Waals surface area contributed by atoms with E-state index in [9.17, 15) is 12.8 Å². The Morgan fingerprint density at radius 2 is 1.85 bits per heavy atom. The summed E-state index contributed by atoms with van der Waals surface area (Å²) in [4.78, 5) is 8.45. The molecule has 0 aliphatic heterocycles. The summed E-state index contributed by atoms with van der Waals surface area (Å²) in [6.07, 6.45) is 4.04. The second kappa shape index (κ2) is 5.99. The maximum atomic E-state index is 13.9. The first kappa shape index (κ1) is 16.3. The quantitative estimate of drug-likeness (QED) is 0.556. The van der Waals surface area contributed by atoms with Crippen molar-refractivity contribution in [3.63, 3.8) is 0 Å². The highest BCUT2D eigenvalue weighted by atomic mass is 32.2. The third-order valence-corrected chi connectivity index (χ3v) is 4.86. The first-order chi connectivity index (χ1) is 12.4. The Morgan fingerprint density at radius 1 is 1.12 bits per heavy atom. The van der Waals surface area contributed by atoms with E-state index in [-0.39, 0.29) is 16.8 Å². The average molecular weight is 367 g/mol. The predicted octanol–water partition coefficient (Wildman–Crippen LogP) is 2.83. The summed E-state index contributed by atoms with van der Waals surface area (Å²) in [7, 11) is -3.52. The Balaban J connectivity index is 1.86. The van der Waals surface area contributed by atoms with E-state index < -0.39 is 9.84 Å². The zero-order valence-electron chi connectivity index (χ0n) is 13.6. The van der Waals surface area contributed by atoms with Gasteiger partial charge < -0.3 is 0 Å². The van der Waals surface area contributed by atoms with Crippen molar-refractivity contribution >= 4 is 20.7 Å². The first-order valence-electron chi connectivity index (χ1n) is 7.61. The lowest BCUT2D eigenvalue weighted by atomic mass is 10.1. The van der Waals surface area contributed by atoms with E-state index in [2.05, 4.69) is 21.1 Å². The smallest absolute Gasteiger partial charge is 0.222 e. The molecular weight excluding hydrogens is 355 g/mol. The number of benzene rings is 2. The molecule has 4 rings (SSSR count). The molecule has 0 spiro atoms. The summed E-state index contributed by atoms with van der Waals surface area (Å²) in [5.41, 5.74) is 1.42. The molecule has 2 aromatic carbocycles. The van der Waals surface area contributed by atoms with Gasteiger partial charge >= 0.3 is 0 Å². The van der Waals surface area contributed by atoms with Crippen LogP contribution in [0.5, 0.6) is 0 Å². The van der Waals surface area contributed by atoms with Crippen molar-refractivity contribution in [3.8, 4) is 17.1 Å². The van der Waals surface area contributed by atoms with E-state index in [0.29, 0.717) is 22.0 Å². The molecule has 0 aliphatic carbocycles. The maximum Gasteiger partial charge on any atom is 0.251 e. The van der Waals surface area contributed by atoms with E-state index in [1.165, 1.54) is 23.1 Å². The third-order valence-electron chi connectivity index (χ3n) is 3.86. The topological polar surface area (TPSA) is 77.7 Å². The zero-order chi connectivity index (χ0) is 18.3. The lowest BCUT2D eigenvalue weighted by molar-refractivity contribution is 0.596. The van der Waals surface area contributed by atoms with E-state index in [1.54, 1.807) is 36.4 Å². The van der Waals surface area contributed by atoms with Gasteiger partial charge in [-0.1, -0.05) is 24.3 Å². The molecule has 0 N–H and O–H groups in total. The Hall–Kier alpha value is -3.13. The fourth-order valence-corrected chi connectivity index (χ4v) is 3.47. The van der Waals surface area contributed by atoms with E-state index in [0.717, 1.165) is 6.26 Å². The molecule has 0 unspecified atom stereocenters. The molecule has 0 bridgehead atoms. The highest BCUT2D eigenvalue weighted by Gasteiger charge is 2.20.